The molecule has 0 aromatic heterocycles. The molecule has 3 heterocycles. The molecule has 7 rings (SSSR count). The van der Waals surface area contributed by atoms with Crippen LogP contribution in [0.15, 0.2) is 18.2 Å². The van der Waals surface area contributed by atoms with E-state index >= 15 is 0 Å². The topological polar surface area (TPSA) is 231 Å². The van der Waals surface area contributed by atoms with E-state index in [0.717, 1.165) is 0 Å². The third kappa shape index (κ3) is 6.93. The van der Waals surface area contributed by atoms with Crippen LogP contribution in [-0.4, -0.2) is 134 Å². The third-order valence-electron chi connectivity index (χ3n) is 12.1. The number of aromatic hydroxyl groups is 3. The molecule has 2 unspecified atom stereocenters. The molecule has 2 aromatic carbocycles. The third-order valence-corrected chi connectivity index (χ3v) is 12.1. The van der Waals surface area contributed by atoms with E-state index in [0.29, 0.717) is 12.8 Å². The van der Waals surface area contributed by atoms with Crippen LogP contribution in [0.4, 0.5) is 0 Å². The minimum absolute atomic E-state index is 0.00193. The molecule has 5 aliphatic rings. The average molecular weight is 786 g/mol. The van der Waals surface area contributed by atoms with Crippen LogP contribution in [-0.2, 0) is 33.2 Å². The largest absolute Gasteiger partial charge is 0.507 e. The van der Waals surface area contributed by atoms with E-state index in [9.17, 15) is 45.0 Å². The molecule has 16 heteroatoms. The average Bonchev–Trinajstić information content (AvgIpc) is 3.14. The summed E-state index contributed by atoms with van der Waals surface area (Å²) in [4.78, 5) is 41.3. The van der Waals surface area contributed by atoms with Crippen molar-refractivity contribution in [1.29, 1.82) is 0 Å². The number of nitrogens with zero attached hydrogens (tertiary/aromatic N) is 1. The highest BCUT2D eigenvalue weighted by Crippen LogP contribution is 2.56. The SMILES string of the molecule is CC[C@@]1(O)CC(O[C@H]2C[C@H](N(C)C)C(O[C@H]3C[C@H](O)[C@H](O[C@H]4CCC(=O)[C@H](C)O4)[C@H](C)O3)[C@H](C)O2)c2c(O)c3c(c(O)c2[C@@H]1O)C(=O)c1cccc(O)c1C3=O. The Kier molecular flexibility index (Phi) is 11.1. The number of rotatable bonds is 8. The number of likely N-dealkylation sites (N-methyl/N-ethyl adjacent to an activating group) is 1. The Labute approximate surface area is 323 Å². The number of benzene rings is 2. The normalized spacial score (nSPS) is 37.3. The number of hydrogen-bond donors (Lipinski definition) is 6. The number of ketones is 3. The predicted octanol–water partition coefficient (Wildman–Crippen LogP) is 2.64. The molecule has 0 bridgehead atoms. The van der Waals surface area contributed by atoms with Gasteiger partial charge in [-0.2, -0.15) is 0 Å². The van der Waals surface area contributed by atoms with Gasteiger partial charge in [0, 0.05) is 54.8 Å². The maximum absolute atomic E-state index is 13.8. The van der Waals surface area contributed by atoms with Crippen LogP contribution in [0.3, 0.4) is 0 Å². The first-order valence-corrected chi connectivity index (χ1v) is 19.2. The summed E-state index contributed by atoms with van der Waals surface area (Å²) in [6, 6.07) is 3.55. The number of carbonyl (C=O) groups is 3. The van der Waals surface area contributed by atoms with Crippen molar-refractivity contribution in [2.45, 2.75) is 146 Å². The fourth-order valence-corrected chi connectivity index (χ4v) is 8.88. The fourth-order valence-electron chi connectivity index (χ4n) is 8.88. The van der Waals surface area contributed by atoms with Crippen LogP contribution in [0.2, 0.25) is 0 Å². The van der Waals surface area contributed by atoms with Gasteiger partial charge in [-0.1, -0.05) is 19.1 Å². The van der Waals surface area contributed by atoms with Crippen LogP contribution >= 0.6 is 0 Å². The van der Waals surface area contributed by atoms with Gasteiger partial charge in [0.15, 0.2) is 30.4 Å². The van der Waals surface area contributed by atoms with Crippen LogP contribution in [0.1, 0.15) is 121 Å². The van der Waals surface area contributed by atoms with Gasteiger partial charge in [-0.25, -0.2) is 0 Å². The van der Waals surface area contributed by atoms with Gasteiger partial charge < -0.3 is 64.0 Å². The molecule has 16 nitrogen and oxygen atoms in total. The molecule has 0 amide bonds. The number of aliphatic hydroxyl groups excluding tert-OH is 2. The van der Waals surface area contributed by atoms with Crippen molar-refractivity contribution < 1.29 is 73.4 Å². The quantitative estimate of drug-likeness (QED) is 0.180. The van der Waals surface area contributed by atoms with Gasteiger partial charge in [0.1, 0.15) is 41.7 Å². The Hall–Kier alpha value is -3.55. The minimum Gasteiger partial charge on any atom is -0.507 e. The number of phenolic OH excluding ortho intramolecular Hbond substituents is 3. The zero-order valence-corrected chi connectivity index (χ0v) is 32.2. The molecular weight excluding hydrogens is 734 g/mol. The lowest BCUT2D eigenvalue weighted by Gasteiger charge is -2.48. The summed E-state index contributed by atoms with van der Waals surface area (Å²) in [5, 5.41) is 68.2. The van der Waals surface area contributed by atoms with Crippen LogP contribution in [0.25, 0.3) is 0 Å². The Morgan fingerprint density at radius 3 is 2.07 bits per heavy atom. The van der Waals surface area contributed by atoms with Crippen molar-refractivity contribution in [3.63, 3.8) is 0 Å². The van der Waals surface area contributed by atoms with E-state index in [4.69, 9.17) is 28.4 Å². The second-order valence-electron chi connectivity index (χ2n) is 15.8. The number of carbonyl (C=O) groups excluding carboxylic acids is 3. The summed E-state index contributed by atoms with van der Waals surface area (Å²) in [5.41, 5.74) is -4.02. The predicted molar refractivity (Wildman–Crippen MR) is 193 cm³/mol. The molecule has 56 heavy (non-hydrogen) atoms. The maximum Gasteiger partial charge on any atom is 0.202 e. The monoisotopic (exact) mass is 785 g/mol. The lowest BCUT2D eigenvalue weighted by atomic mass is 9.70. The van der Waals surface area contributed by atoms with Gasteiger partial charge >= 0.3 is 0 Å². The van der Waals surface area contributed by atoms with Crippen molar-refractivity contribution in [3.8, 4) is 17.2 Å². The van der Waals surface area contributed by atoms with Crippen molar-refractivity contribution in [3.05, 3.63) is 51.6 Å². The lowest BCUT2D eigenvalue weighted by Crippen LogP contribution is -2.58. The van der Waals surface area contributed by atoms with Crippen molar-refractivity contribution in [2.75, 3.05) is 14.1 Å². The van der Waals surface area contributed by atoms with Crippen molar-refractivity contribution in [1.82, 2.24) is 4.90 Å². The molecule has 0 saturated carbocycles. The van der Waals surface area contributed by atoms with E-state index in [1.165, 1.54) is 18.2 Å². The number of fused-ring (bicyclic) bond motifs is 3. The number of Topliss-reactive ketones (excluding diaryl/α,β-unsaturated/α-hetero) is 1. The molecule has 0 radical (unpaired) electrons. The second-order valence-corrected chi connectivity index (χ2v) is 15.8. The van der Waals surface area contributed by atoms with E-state index in [1.54, 1.807) is 27.7 Å². The van der Waals surface area contributed by atoms with Gasteiger partial charge in [0.25, 0.3) is 0 Å². The highest BCUT2D eigenvalue weighted by atomic mass is 16.7. The summed E-state index contributed by atoms with van der Waals surface area (Å²) in [7, 11) is 3.70. The summed E-state index contributed by atoms with van der Waals surface area (Å²) in [6.45, 7) is 6.85. The highest BCUT2D eigenvalue weighted by Gasteiger charge is 2.52. The smallest absolute Gasteiger partial charge is 0.202 e. The molecule has 2 aliphatic carbocycles. The molecule has 13 atom stereocenters. The minimum atomic E-state index is -1.88. The fraction of sp³-hybridized carbons (Fsp3) is 0.625. The summed E-state index contributed by atoms with van der Waals surface area (Å²) in [6.07, 6.45) is -8.83. The van der Waals surface area contributed by atoms with E-state index in [1.807, 2.05) is 19.0 Å². The molecule has 3 aliphatic heterocycles. The zero-order valence-electron chi connectivity index (χ0n) is 32.2. The molecule has 0 spiro atoms. The Morgan fingerprint density at radius 2 is 1.43 bits per heavy atom. The van der Waals surface area contributed by atoms with Gasteiger partial charge in [-0.15, -0.1) is 0 Å². The zero-order chi connectivity index (χ0) is 40.5. The van der Waals surface area contributed by atoms with Crippen LogP contribution in [0, 0.1) is 0 Å². The maximum atomic E-state index is 13.8. The molecule has 3 fully saturated rings. The first kappa shape index (κ1) is 40.6. The standard InChI is InChI=1S/C40H51NO15/c1-7-40(50)15-24(29-32(39(40)49)36(48)30-31(35(29)47)34(46)28-19(33(30)45)9-8-10-22(28)43)54-26-13-20(41(5)6)37(17(3)52-26)56-27-14-23(44)38(18(4)53-27)55-25-12-11-21(42)16(2)51-25/h8-10,16-18,20,23-27,37-39,43-44,47-50H,7,11-15H2,1-6H3/t16-,17-,18-,20-,23-,24?,25-,26-,27-,37?,38+,39-,40+/m0/s1. The van der Waals surface area contributed by atoms with Crippen molar-refractivity contribution in [2.24, 2.45) is 0 Å². The number of hydrogen-bond acceptors (Lipinski definition) is 16. The first-order valence-electron chi connectivity index (χ1n) is 19.2. The Balaban J connectivity index is 1.12. The van der Waals surface area contributed by atoms with Crippen molar-refractivity contribution >= 4 is 17.3 Å². The lowest BCUT2D eigenvalue weighted by molar-refractivity contribution is -0.325. The molecule has 6 N–H and O–H groups in total. The van der Waals surface area contributed by atoms with Gasteiger partial charge in [-0.05, 0) is 47.4 Å². The molecular formula is C40H51NO15. The second kappa shape index (κ2) is 15.3. The molecule has 2 aromatic rings. The van der Waals surface area contributed by atoms with Gasteiger partial charge in [0.2, 0.25) is 5.78 Å². The number of phenols is 3. The van der Waals surface area contributed by atoms with E-state index in [-0.39, 0.29) is 59.8 Å². The summed E-state index contributed by atoms with van der Waals surface area (Å²) < 4.78 is 37.2. The van der Waals surface area contributed by atoms with Crippen LogP contribution < -0.4 is 0 Å². The van der Waals surface area contributed by atoms with Gasteiger partial charge in [-0.3, -0.25) is 14.4 Å². The Bertz CT molecular complexity index is 1870. The molecule has 306 valence electrons. The highest BCUT2D eigenvalue weighted by molar-refractivity contribution is 6.31. The molecule has 3 saturated heterocycles. The summed E-state index contributed by atoms with van der Waals surface area (Å²) in [5.74, 6) is -3.73. The first-order chi connectivity index (χ1) is 26.4. The van der Waals surface area contributed by atoms with E-state index in [2.05, 4.69) is 0 Å². The number of aliphatic hydroxyl groups is 3. The number of ether oxygens (including phenoxy) is 6. The van der Waals surface area contributed by atoms with E-state index < -0.39 is 113 Å². The van der Waals surface area contributed by atoms with Crippen LogP contribution in [0.5, 0.6) is 17.2 Å². The Morgan fingerprint density at radius 1 is 0.804 bits per heavy atom. The van der Waals surface area contributed by atoms with Gasteiger partial charge in [0.05, 0.1) is 46.7 Å². The summed E-state index contributed by atoms with van der Waals surface area (Å²) >= 11 is 0.